The van der Waals surface area contributed by atoms with Crippen LogP contribution in [0.2, 0.25) is 0 Å². The summed E-state index contributed by atoms with van der Waals surface area (Å²) in [5.74, 6) is 0.119. The van der Waals surface area contributed by atoms with Crippen LogP contribution in [0, 0.1) is 0 Å². The Morgan fingerprint density at radius 2 is 1.33 bits per heavy atom. The van der Waals surface area contributed by atoms with E-state index in [-0.39, 0.29) is 10.6 Å². The molecule has 0 spiro atoms. The highest BCUT2D eigenvalue weighted by atomic mass is 32.2. The number of phenols is 1. The lowest BCUT2D eigenvalue weighted by Crippen LogP contribution is -2.01. The summed E-state index contributed by atoms with van der Waals surface area (Å²) in [5.41, 5.74) is 0.584. The van der Waals surface area contributed by atoms with Gasteiger partial charge in [-0.1, -0.05) is 89.0 Å². The molecule has 2 N–H and O–H groups in total. The van der Waals surface area contributed by atoms with Gasteiger partial charge in [-0.3, -0.25) is 4.55 Å². The Labute approximate surface area is 163 Å². The number of rotatable bonds is 12. The Kier molecular flexibility index (Phi) is 8.58. The van der Waals surface area contributed by atoms with Gasteiger partial charge in [-0.25, -0.2) is 0 Å². The first-order valence-electron chi connectivity index (χ1n) is 10.2. The topological polar surface area (TPSA) is 74.6 Å². The van der Waals surface area contributed by atoms with Crippen LogP contribution in [0.25, 0.3) is 10.8 Å². The average molecular weight is 393 g/mol. The molecule has 0 aliphatic rings. The molecule has 0 aliphatic carbocycles. The molecule has 0 heterocycles. The molecule has 27 heavy (non-hydrogen) atoms. The standard InChI is InChI=1S/C22H32O4S/c1-2-3-4-5-6-7-8-9-10-11-14-18-17-21(27(24,25)26)19-15-12-13-16-20(19)22(18)23/h12-13,15-17,23H,2-11,14H2,1H3,(H,24,25,26). The molecular weight excluding hydrogens is 360 g/mol. The average Bonchev–Trinajstić information content (AvgIpc) is 2.64. The van der Waals surface area contributed by atoms with Crippen LogP contribution in [0.3, 0.4) is 0 Å². The largest absolute Gasteiger partial charge is 0.507 e. The molecular formula is C22H32O4S. The smallest absolute Gasteiger partial charge is 0.295 e. The van der Waals surface area contributed by atoms with Crippen LogP contribution in [-0.4, -0.2) is 18.1 Å². The number of aryl methyl sites for hydroxylation is 1. The molecule has 2 aromatic carbocycles. The summed E-state index contributed by atoms with van der Waals surface area (Å²) < 4.78 is 33.0. The first-order valence-corrected chi connectivity index (χ1v) is 11.6. The lowest BCUT2D eigenvalue weighted by molar-refractivity contribution is 0.470. The first kappa shape index (κ1) is 21.7. The lowest BCUT2D eigenvalue weighted by Gasteiger charge is -2.11. The number of hydrogen-bond acceptors (Lipinski definition) is 3. The number of hydrogen-bond donors (Lipinski definition) is 2. The Balaban J connectivity index is 1.89. The quantitative estimate of drug-likeness (QED) is 0.330. The van der Waals surface area contributed by atoms with Gasteiger partial charge in [0.2, 0.25) is 0 Å². The van der Waals surface area contributed by atoms with Gasteiger partial charge in [-0.2, -0.15) is 8.42 Å². The summed E-state index contributed by atoms with van der Waals surface area (Å²) in [6.45, 7) is 2.23. The van der Waals surface area contributed by atoms with Crippen LogP contribution < -0.4 is 0 Å². The highest BCUT2D eigenvalue weighted by Gasteiger charge is 2.18. The van der Waals surface area contributed by atoms with Crippen LogP contribution in [0.1, 0.15) is 76.7 Å². The Morgan fingerprint density at radius 1 is 0.815 bits per heavy atom. The van der Waals surface area contributed by atoms with Gasteiger partial charge in [0.1, 0.15) is 10.6 Å². The number of aromatic hydroxyl groups is 1. The van der Waals surface area contributed by atoms with E-state index in [2.05, 4.69) is 6.92 Å². The van der Waals surface area contributed by atoms with Crippen LogP contribution in [0.4, 0.5) is 0 Å². The third-order valence-corrected chi connectivity index (χ3v) is 6.03. The van der Waals surface area contributed by atoms with E-state index >= 15 is 0 Å². The number of benzene rings is 2. The Morgan fingerprint density at radius 3 is 1.89 bits per heavy atom. The summed E-state index contributed by atoms with van der Waals surface area (Å²) >= 11 is 0. The maximum Gasteiger partial charge on any atom is 0.295 e. The number of unbranched alkanes of at least 4 members (excludes halogenated alkanes) is 9. The van der Waals surface area contributed by atoms with Crippen molar-refractivity contribution in [3.8, 4) is 5.75 Å². The normalized spacial score (nSPS) is 11.9. The van der Waals surface area contributed by atoms with Crippen molar-refractivity contribution in [2.24, 2.45) is 0 Å². The predicted octanol–water partition coefficient (Wildman–Crippen LogP) is 6.26. The maximum atomic E-state index is 11.7. The van der Waals surface area contributed by atoms with Crippen molar-refractivity contribution in [3.63, 3.8) is 0 Å². The summed E-state index contributed by atoms with van der Waals surface area (Å²) in [6, 6.07) is 8.14. The Hall–Kier alpha value is -1.59. The van der Waals surface area contributed by atoms with E-state index in [1.165, 1.54) is 51.0 Å². The molecule has 0 unspecified atom stereocenters. The second kappa shape index (κ2) is 10.7. The third kappa shape index (κ3) is 6.51. The van der Waals surface area contributed by atoms with Gasteiger partial charge < -0.3 is 5.11 Å². The van der Waals surface area contributed by atoms with Gasteiger partial charge in [0.25, 0.3) is 10.1 Å². The van der Waals surface area contributed by atoms with Gasteiger partial charge in [0, 0.05) is 10.8 Å². The van der Waals surface area contributed by atoms with E-state index in [9.17, 15) is 18.1 Å². The highest BCUT2D eigenvalue weighted by molar-refractivity contribution is 7.86. The molecule has 0 atom stereocenters. The minimum Gasteiger partial charge on any atom is -0.507 e. The number of phenolic OH excluding ortho intramolecular Hbond substituents is 1. The molecule has 0 saturated carbocycles. The Bertz CT molecular complexity index is 828. The monoisotopic (exact) mass is 392 g/mol. The molecule has 150 valence electrons. The maximum absolute atomic E-state index is 11.7. The summed E-state index contributed by atoms with van der Waals surface area (Å²) in [5, 5.41) is 11.3. The minimum absolute atomic E-state index is 0.119. The number of fused-ring (bicyclic) bond motifs is 1. The molecule has 0 aliphatic heterocycles. The lowest BCUT2D eigenvalue weighted by atomic mass is 10.00. The van der Waals surface area contributed by atoms with E-state index < -0.39 is 10.1 Å². The zero-order valence-electron chi connectivity index (χ0n) is 16.3. The van der Waals surface area contributed by atoms with Crippen LogP contribution in [0.5, 0.6) is 5.75 Å². The van der Waals surface area contributed by atoms with Crippen LogP contribution in [-0.2, 0) is 16.5 Å². The van der Waals surface area contributed by atoms with Crippen molar-refractivity contribution in [3.05, 3.63) is 35.9 Å². The van der Waals surface area contributed by atoms with Crippen LogP contribution >= 0.6 is 0 Å². The van der Waals surface area contributed by atoms with Gasteiger partial charge in [0.15, 0.2) is 0 Å². The molecule has 4 nitrogen and oxygen atoms in total. The minimum atomic E-state index is -4.33. The molecule has 0 bridgehead atoms. The highest BCUT2D eigenvalue weighted by Crippen LogP contribution is 2.34. The third-order valence-electron chi connectivity index (χ3n) is 5.13. The molecule has 5 heteroatoms. The molecule has 0 saturated heterocycles. The van der Waals surface area contributed by atoms with E-state index in [1.54, 1.807) is 24.3 Å². The SMILES string of the molecule is CCCCCCCCCCCCc1cc(S(=O)(=O)O)c2ccccc2c1O. The van der Waals surface area contributed by atoms with Gasteiger partial charge in [-0.05, 0) is 24.5 Å². The van der Waals surface area contributed by atoms with E-state index in [1.807, 2.05) is 0 Å². The van der Waals surface area contributed by atoms with Crippen LogP contribution in [0.15, 0.2) is 35.2 Å². The molecule has 0 radical (unpaired) electrons. The zero-order chi connectivity index (χ0) is 19.7. The molecule has 0 fully saturated rings. The van der Waals surface area contributed by atoms with E-state index in [0.717, 1.165) is 19.3 Å². The van der Waals surface area contributed by atoms with Crippen molar-refractivity contribution in [2.45, 2.75) is 82.4 Å². The first-order chi connectivity index (χ1) is 12.9. The zero-order valence-corrected chi connectivity index (χ0v) is 17.1. The predicted molar refractivity (Wildman–Crippen MR) is 111 cm³/mol. The van der Waals surface area contributed by atoms with Crippen molar-refractivity contribution in [1.82, 2.24) is 0 Å². The van der Waals surface area contributed by atoms with Crippen molar-refractivity contribution in [1.29, 1.82) is 0 Å². The van der Waals surface area contributed by atoms with Crippen molar-refractivity contribution in [2.75, 3.05) is 0 Å². The molecule has 0 aromatic heterocycles. The fraction of sp³-hybridized carbons (Fsp3) is 0.545. The fourth-order valence-electron chi connectivity index (χ4n) is 3.59. The molecule has 0 amide bonds. The fourth-order valence-corrected chi connectivity index (χ4v) is 4.34. The second-order valence-electron chi connectivity index (χ2n) is 7.34. The van der Waals surface area contributed by atoms with Gasteiger partial charge in [0.05, 0.1) is 0 Å². The van der Waals surface area contributed by atoms with Crippen molar-refractivity contribution < 1.29 is 18.1 Å². The van der Waals surface area contributed by atoms with Gasteiger partial charge >= 0.3 is 0 Å². The second-order valence-corrected chi connectivity index (χ2v) is 8.73. The molecule has 2 aromatic rings. The molecule has 2 rings (SSSR count). The van der Waals surface area contributed by atoms with E-state index in [0.29, 0.717) is 22.8 Å². The summed E-state index contributed by atoms with van der Waals surface area (Å²) in [4.78, 5) is -0.127. The summed E-state index contributed by atoms with van der Waals surface area (Å²) in [6.07, 6.45) is 12.8. The van der Waals surface area contributed by atoms with Crippen molar-refractivity contribution >= 4 is 20.9 Å². The van der Waals surface area contributed by atoms with Gasteiger partial charge in [-0.15, -0.1) is 0 Å². The van der Waals surface area contributed by atoms with E-state index in [4.69, 9.17) is 0 Å². The summed E-state index contributed by atoms with van der Waals surface area (Å²) in [7, 11) is -4.33.